The predicted octanol–water partition coefficient (Wildman–Crippen LogP) is 2.54. The minimum absolute atomic E-state index is 0.128. The number of carbonyl (C=O) groups excluding carboxylic acids is 2. The van der Waals surface area contributed by atoms with Crippen molar-refractivity contribution in [1.29, 1.82) is 0 Å². The van der Waals surface area contributed by atoms with Gasteiger partial charge in [0.1, 0.15) is 5.82 Å². The average Bonchev–Trinajstić information content (AvgIpc) is 2.60. The Labute approximate surface area is 118 Å². The van der Waals surface area contributed by atoms with Crippen LogP contribution in [-0.4, -0.2) is 32.0 Å². The fourth-order valence-electron chi connectivity index (χ4n) is 2.08. The first-order chi connectivity index (χ1) is 9.06. The lowest BCUT2D eigenvalue weighted by molar-refractivity contribution is -0.114. The number of Topliss-reactive ketones (excluding diaryl/α,β-unsaturated/α-hetero) is 1. The number of fused-ring (bicyclic) bond motifs is 1. The molecule has 0 spiro atoms. The van der Waals surface area contributed by atoms with Gasteiger partial charge >= 0.3 is 0 Å². The molecule has 0 aliphatic carbocycles. The van der Waals surface area contributed by atoms with Crippen LogP contribution in [0.5, 0.6) is 0 Å². The molecule has 1 aromatic carbocycles. The van der Waals surface area contributed by atoms with E-state index in [1.807, 2.05) is 0 Å². The molecule has 0 saturated carbocycles. The molecule has 1 aliphatic heterocycles. The number of unbranched alkanes of at least 4 members (excludes halogenated alkanes) is 1. The normalized spacial score (nSPS) is 14.2. The largest absolute Gasteiger partial charge is 0.385 e. The average molecular weight is 330 g/mol. The second kappa shape index (κ2) is 5.79. The quantitative estimate of drug-likeness (QED) is 0.616. The molecule has 0 fully saturated rings. The van der Waals surface area contributed by atoms with Gasteiger partial charge in [-0.3, -0.25) is 9.59 Å². The van der Waals surface area contributed by atoms with Crippen molar-refractivity contribution in [2.75, 3.05) is 25.2 Å². The second-order valence-corrected chi connectivity index (χ2v) is 5.12. The molecule has 19 heavy (non-hydrogen) atoms. The van der Waals surface area contributed by atoms with E-state index < -0.39 is 17.5 Å². The molecular formula is C13H13BrFNO3. The van der Waals surface area contributed by atoms with Gasteiger partial charge < -0.3 is 9.64 Å². The van der Waals surface area contributed by atoms with Gasteiger partial charge in [0.05, 0.1) is 11.3 Å². The predicted molar refractivity (Wildman–Crippen MR) is 71.9 cm³/mol. The SMILES string of the molecule is COCCCCN1C(=O)C(=O)c2cc(F)cc(Br)c21. The van der Waals surface area contributed by atoms with Crippen molar-refractivity contribution < 1.29 is 18.7 Å². The summed E-state index contributed by atoms with van der Waals surface area (Å²) < 4.78 is 18.6. The Kier molecular flexibility index (Phi) is 4.31. The number of methoxy groups -OCH3 is 1. The number of nitrogens with zero attached hydrogens (tertiary/aromatic N) is 1. The Morgan fingerprint density at radius 3 is 2.74 bits per heavy atom. The highest BCUT2D eigenvalue weighted by molar-refractivity contribution is 9.10. The van der Waals surface area contributed by atoms with Crippen molar-refractivity contribution in [3.63, 3.8) is 0 Å². The van der Waals surface area contributed by atoms with Gasteiger partial charge in [-0.25, -0.2) is 4.39 Å². The maximum Gasteiger partial charge on any atom is 0.299 e. The van der Waals surface area contributed by atoms with E-state index in [0.717, 1.165) is 18.9 Å². The van der Waals surface area contributed by atoms with Crippen LogP contribution in [-0.2, 0) is 9.53 Å². The summed E-state index contributed by atoms with van der Waals surface area (Å²) in [6, 6.07) is 2.36. The van der Waals surface area contributed by atoms with Crippen LogP contribution in [0.25, 0.3) is 0 Å². The molecule has 2 rings (SSSR count). The Morgan fingerprint density at radius 1 is 1.32 bits per heavy atom. The van der Waals surface area contributed by atoms with E-state index >= 15 is 0 Å². The molecule has 102 valence electrons. The van der Waals surface area contributed by atoms with Crippen molar-refractivity contribution in [2.24, 2.45) is 0 Å². The van der Waals surface area contributed by atoms with Crippen LogP contribution in [0.4, 0.5) is 10.1 Å². The summed E-state index contributed by atoms with van der Waals surface area (Å²) in [5.74, 6) is -1.78. The summed E-state index contributed by atoms with van der Waals surface area (Å²) in [5.41, 5.74) is 0.595. The first-order valence-corrected chi connectivity index (χ1v) is 6.69. The molecule has 0 atom stereocenters. The minimum Gasteiger partial charge on any atom is -0.385 e. The maximum absolute atomic E-state index is 13.3. The molecule has 1 heterocycles. The van der Waals surface area contributed by atoms with Crippen molar-refractivity contribution in [2.45, 2.75) is 12.8 Å². The molecule has 0 unspecified atom stereocenters. The van der Waals surface area contributed by atoms with Gasteiger partial charge in [0, 0.05) is 24.7 Å². The first-order valence-electron chi connectivity index (χ1n) is 5.90. The molecule has 1 amide bonds. The standard InChI is InChI=1S/C13H13BrFNO3/c1-19-5-3-2-4-16-11-9(12(17)13(16)18)6-8(15)7-10(11)14/h6-7H,2-5H2,1H3. The number of anilines is 1. The lowest BCUT2D eigenvalue weighted by Gasteiger charge is -2.17. The smallest absolute Gasteiger partial charge is 0.299 e. The van der Waals surface area contributed by atoms with Crippen LogP contribution in [0.1, 0.15) is 23.2 Å². The van der Waals surface area contributed by atoms with Crippen molar-refractivity contribution in [3.05, 3.63) is 28.0 Å². The fraction of sp³-hybridized carbons (Fsp3) is 0.385. The van der Waals surface area contributed by atoms with Crippen molar-refractivity contribution in [1.82, 2.24) is 0 Å². The third-order valence-electron chi connectivity index (χ3n) is 2.96. The number of benzene rings is 1. The maximum atomic E-state index is 13.3. The Morgan fingerprint density at radius 2 is 2.05 bits per heavy atom. The van der Waals surface area contributed by atoms with Crippen LogP contribution in [0, 0.1) is 5.82 Å². The highest BCUT2D eigenvalue weighted by Crippen LogP contribution is 2.36. The van der Waals surface area contributed by atoms with Crippen molar-refractivity contribution >= 4 is 33.3 Å². The fourth-order valence-corrected chi connectivity index (χ4v) is 2.73. The Bertz CT molecular complexity index is 533. The molecule has 4 nitrogen and oxygen atoms in total. The molecular weight excluding hydrogens is 317 g/mol. The van der Waals surface area contributed by atoms with Crippen molar-refractivity contribution in [3.8, 4) is 0 Å². The van der Waals surface area contributed by atoms with E-state index in [-0.39, 0.29) is 5.56 Å². The van der Waals surface area contributed by atoms with Gasteiger partial charge in [-0.2, -0.15) is 0 Å². The van der Waals surface area contributed by atoms with Gasteiger partial charge in [-0.15, -0.1) is 0 Å². The number of hydrogen-bond acceptors (Lipinski definition) is 3. The number of halogens is 2. The zero-order chi connectivity index (χ0) is 14.0. The van der Waals surface area contributed by atoms with Crippen LogP contribution in [0.2, 0.25) is 0 Å². The monoisotopic (exact) mass is 329 g/mol. The van der Waals surface area contributed by atoms with Crippen LogP contribution in [0.15, 0.2) is 16.6 Å². The van der Waals surface area contributed by atoms with Gasteiger partial charge in [-0.1, -0.05) is 0 Å². The van der Waals surface area contributed by atoms with Crippen LogP contribution in [0.3, 0.4) is 0 Å². The number of hydrogen-bond donors (Lipinski definition) is 0. The zero-order valence-corrected chi connectivity index (χ0v) is 12.0. The van der Waals surface area contributed by atoms with E-state index in [1.165, 1.54) is 11.0 Å². The van der Waals surface area contributed by atoms with Gasteiger partial charge in [0.15, 0.2) is 0 Å². The Hall–Kier alpha value is -1.27. The summed E-state index contributed by atoms with van der Waals surface area (Å²) >= 11 is 3.21. The van der Waals surface area contributed by atoms with E-state index in [9.17, 15) is 14.0 Å². The van der Waals surface area contributed by atoms with Gasteiger partial charge in [0.25, 0.3) is 11.7 Å². The molecule has 0 aromatic heterocycles. The lowest BCUT2D eigenvalue weighted by atomic mass is 10.1. The minimum atomic E-state index is -0.651. The van der Waals surface area contributed by atoms with Gasteiger partial charge in [-0.05, 0) is 40.9 Å². The highest BCUT2D eigenvalue weighted by atomic mass is 79.9. The molecule has 6 heteroatoms. The molecule has 1 aliphatic rings. The lowest BCUT2D eigenvalue weighted by Crippen LogP contribution is -2.31. The summed E-state index contributed by atoms with van der Waals surface area (Å²) in [5, 5.41) is 0. The second-order valence-electron chi connectivity index (χ2n) is 4.27. The molecule has 1 aromatic rings. The van der Waals surface area contributed by atoms with Gasteiger partial charge in [0.2, 0.25) is 0 Å². The third kappa shape index (κ3) is 2.69. The summed E-state index contributed by atoms with van der Waals surface area (Å²) in [6.45, 7) is 1.03. The summed E-state index contributed by atoms with van der Waals surface area (Å²) in [7, 11) is 1.61. The first kappa shape index (κ1) is 14.1. The number of ether oxygens (including phenoxy) is 1. The number of amides is 1. The number of rotatable bonds is 5. The van der Waals surface area contributed by atoms with Crippen LogP contribution >= 0.6 is 15.9 Å². The van der Waals surface area contributed by atoms with E-state index in [1.54, 1.807) is 7.11 Å². The zero-order valence-electron chi connectivity index (χ0n) is 10.4. The Balaban J connectivity index is 2.23. The van der Waals surface area contributed by atoms with E-state index in [2.05, 4.69) is 15.9 Å². The number of carbonyl (C=O) groups is 2. The van der Waals surface area contributed by atoms with E-state index in [4.69, 9.17) is 4.74 Å². The summed E-state index contributed by atoms with van der Waals surface area (Å²) in [4.78, 5) is 25.1. The molecule has 0 radical (unpaired) electrons. The van der Waals surface area contributed by atoms with Crippen LogP contribution < -0.4 is 4.90 Å². The van der Waals surface area contributed by atoms with E-state index in [0.29, 0.717) is 23.3 Å². The topological polar surface area (TPSA) is 46.6 Å². The number of ketones is 1. The molecule has 0 N–H and O–H groups in total. The highest BCUT2D eigenvalue weighted by Gasteiger charge is 2.37. The molecule has 0 saturated heterocycles. The third-order valence-corrected chi connectivity index (χ3v) is 3.57. The molecule has 0 bridgehead atoms. The summed E-state index contributed by atoms with van der Waals surface area (Å²) in [6.07, 6.45) is 1.51.